The highest BCUT2D eigenvalue weighted by Crippen LogP contribution is 2.28. The minimum atomic E-state index is -0.978. The number of rotatable bonds is 6. The first kappa shape index (κ1) is 16.2. The third-order valence-electron chi connectivity index (χ3n) is 4.16. The molecule has 0 spiro atoms. The number of carboxylic acids is 1. The predicted octanol–water partition coefficient (Wildman–Crippen LogP) is 2.24. The average Bonchev–Trinajstić information content (AvgIpc) is 3.31. The lowest BCUT2D eigenvalue weighted by atomic mass is 10.1. The Morgan fingerprint density at radius 2 is 2.04 bits per heavy atom. The summed E-state index contributed by atoms with van der Waals surface area (Å²) in [7, 11) is 0. The Balaban J connectivity index is 1.80. The monoisotopic (exact) mass is 327 g/mol. The fourth-order valence-corrected chi connectivity index (χ4v) is 2.88. The Hall–Kier alpha value is -2.63. The first-order chi connectivity index (χ1) is 11.4. The number of aromatic nitrogens is 2. The third-order valence-corrected chi connectivity index (χ3v) is 4.16. The van der Waals surface area contributed by atoms with Crippen LogP contribution in [0.2, 0.25) is 0 Å². The predicted molar refractivity (Wildman–Crippen MR) is 88.9 cm³/mol. The zero-order valence-corrected chi connectivity index (χ0v) is 13.9. The van der Waals surface area contributed by atoms with Gasteiger partial charge in [0.05, 0.1) is 12.2 Å². The standard InChI is InChI=1S/C18H21N3O3/c1-12-8-13(2)21(19-12)10-14-4-3-5-15(9-14)18(24)20(11-17(22)23)16-6-7-16/h3-5,8-9,16H,6-7,10-11H2,1-2H3,(H,22,23). The summed E-state index contributed by atoms with van der Waals surface area (Å²) in [6.07, 6.45) is 1.76. The normalized spacial score (nSPS) is 13.8. The molecule has 0 aliphatic heterocycles. The van der Waals surface area contributed by atoms with E-state index >= 15 is 0 Å². The Kier molecular flexibility index (Phi) is 4.38. The number of benzene rings is 1. The van der Waals surface area contributed by atoms with E-state index in [-0.39, 0.29) is 18.5 Å². The Morgan fingerprint density at radius 3 is 2.62 bits per heavy atom. The second-order valence-electron chi connectivity index (χ2n) is 6.34. The van der Waals surface area contributed by atoms with Gasteiger partial charge in [-0.1, -0.05) is 12.1 Å². The number of nitrogens with zero attached hydrogens (tertiary/aromatic N) is 3. The lowest BCUT2D eigenvalue weighted by Gasteiger charge is -2.20. The quantitative estimate of drug-likeness (QED) is 0.883. The molecule has 1 saturated carbocycles. The molecule has 6 nitrogen and oxygen atoms in total. The smallest absolute Gasteiger partial charge is 0.323 e. The number of aryl methyl sites for hydroxylation is 2. The summed E-state index contributed by atoms with van der Waals surface area (Å²) >= 11 is 0. The number of aliphatic carboxylic acids is 1. The van der Waals surface area contributed by atoms with Crippen molar-refractivity contribution in [3.63, 3.8) is 0 Å². The minimum Gasteiger partial charge on any atom is -0.480 e. The van der Waals surface area contributed by atoms with E-state index in [0.29, 0.717) is 12.1 Å². The first-order valence-corrected chi connectivity index (χ1v) is 8.07. The van der Waals surface area contributed by atoms with Crippen LogP contribution in [0.4, 0.5) is 0 Å². The lowest BCUT2D eigenvalue weighted by Crippen LogP contribution is -2.37. The van der Waals surface area contributed by atoms with Crippen molar-refractivity contribution in [2.75, 3.05) is 6.54 Å². The van der Waals surface area contributed by atoms with Crippen LogP contribution in [0, 0.1) is 13.8 Å². The molecule has 0 bridgehead atoms. The molecular weight excluding hydrogens is 306 g/mol. The zero-order chi connectivity index (χ0) is 17.3. The molecule has 3 rings (SSSR count). The summed E-state index contributed by atoms with van der Waals surface area (Å²) in [4.78, 5) is 25.2. The highest BCUT2D eigenvalue weighted by atomic mass is 16.4. The highest BCUT2D eigenvalue weighted by Gasteiger charge is 2.34. The van der Waals surface area contributed by atoms with Crippen molar-refractivity contribution in [3.8, 4) is 0 Å². The fourth-order valence-electron chi connectivity index (χ4n) is 2.88. The molecule has 1 aromatic heterocycles. The number of carboxylic acid groups (broad SMARTS) is 1. The van der Waals surface area contributed by atoms with E-state index in [9.17, 15) is 9.59 Å². The van der Waals surface area contributed by atoms with Gasteiger partial charge in [0.2, 0.25) is 0 Å². The van der Waals surface area contributed by atoms with Gasteiger partial charge in [-0.05, 0) is 50.5 Å². The summed E-state index contributed by atoms with van der Waals surface area (Å²) in [5.74, 6) is -1.19. The summed E-state index contributed by atoms with van der Waals surface area (Å²) in [5, 5.41) is 13.5. The van der Waals surface area contributed by atoms with E-state index in [1.807, 2.05) is 42.8 Å². The van der Waals surface area contributed by atoms with Crippen LogP contribution in [0.1, 0.15) is 40.2 Å². The van der Waals surface area contributed by atoms with E-state index < -0.39 is 5.97 Å². The second kappa shape index (κ2) is 6.47. The number of carbonyl (C=O) groups is 2. The van der Waals surface area contributed by atoms with Crippen molar-refractivity contribution < 1.29 is 14.7 Å². The summed E-state index contributed by atoms with van der Waals surface area (Å²) < 4.78 is 1.90. The van der Waals surface area contributed by atoms with Crippen LogP contribution in [-0.2, 0) is 11.3 Å². The van der Waals surface area contributed by atoms with Gasteiger partial charge in [0.15, 0.2) is 0 Å². The van der Waals surface area contributed by atoms with Gasteiger partial charge >= 0.3 is 5.97 Å². The van der Waals surface area contributed by atoms with Crippen molar-refractivity contribution in [1.82, 2.24) is 14.7 Å². The maximum atomic E-state index is 12.7. The van der Waals surface area contributed by atoms with E-state index in [4.69, 9.17) is 5.11 Å². The van der Waals surface area contributed by atoms with Crippen LogP contribution >= 0.6 is 0 Å². The van der Waals surface area contributed by atoms with Crippen molar-refractivity contribution in [1.29, 1.82) is 0 Å². The van der Waals surface area contributed by atoms with Crippen LogP contribution in [0.3, 0.4) is 0 Å². The molecule has 2 aromatic rings. The molecule has 1 amide bonds. The molecule has 0 unspecified atom stereocenters. The topological polar surface area (TPSA) is 75.4 Å². The van der Waals surface area contributed by atoms with Gasteiger partial charge in [-0.2, -0.15) is 5.10 Å². The molecule has 1 aromatic carbocycles. The Bertz CT molecular complexity index is 778. The molecule has 1 fully saturated rings. The van der Waals surface area contributed by atoms with Gasteiger partial charge in [-0.3, -0.25) is 14.3 Å². The molecule has 1 heterocycles. The molecule has 126 valence electrons. The third kappa shape index (κ3) is 3.64. The van der Waals surface area contributed by atoms with Gasteiger partial charge in [-0.25, -0.2) is 0 Å². The summed E-state index contributed by atoms with van der Waals surface area (Å²) in [6.45, 7) is 4.29. The molecule has 0 saturated heterocycles. The number of hydrogen-bond acceptors (Lipinski definition) is 3. The molecule has 24 heavy (non-hydrogen) atoms. The van der Waals surface area contributed by atoms with Gasteiger partial charge in [0.25, 0.3) is 5.91 Å². The van der Waals surface area contributed by atoms with Crippen LogP contribution < -0.4 is 0 Å². The van der Waals surface area contributed by atoms with Crippen molar-refractivity contribution in [2.45, 2.75) is 39.3 Å². The van der Waals surface area contributed by atoms with E-state index in [1.165, 1.54) is 4.90 Å². The Morgan fingerprint density at radius 1 is 1.29 bits per heavy atom. The van der Waals surface area contributed by atoms with Crippen LogP contribution in [0.5, 0.6) is 0 Å². The van der Waals surface area contributed by atoms with Crippen molar-refractivity contribution in [3.05, 3.63) is 52.8 Å². The maximum absolute atomic E-state index is 12.7. The summed E-state index contributed by atoms with van der Waals surface area (Å²) in [6, 6.07) is 9.43. The number of carbonyl (C=O) groups excluding carboxylic acids is 1. The highest BCUT2D eigenvalue weighted by molar-refractivity contribution is 5.96. The molecule has 1 N–H and O–H groups in total. The van der Waals surface area contributed by atoms with E-state index in [2.05, 4.69) is 5.10 Å². The molecule has 6 heteroatoms. The molecule has 1 aliphatic rings. The van der Waals surface area contributed by atoms with Crippen molar-refractivity contribution >= 4 is 11.9 Å². The largest absolute Gasteiger partial charge is 0.480 e. The SMILES string of the molecule is Cc1cc(C)n(Cc2cccc(C(=O)N(CC(=O)O)C3CC3)c2)n1. The molecular formula is C18H21N3O3. The minimum absolute atomic E-state index is 0.0632. The van der Waals surface area contributed by atoms with Crippen LogP contribution in [-0.4, -0.2) is 44.3 Å². The van der Waals surface area contributed by atoms with Crippen LogP contribution in [0.15, 0.2) is 30.3 Å². The molecule has 0 atom stereocenters. The van der Waals surface area contributed by atoms with E-state index in [1.54, 1.807) is 6.07 Å². The Labute approximate surface area is 140 Å². The first-order valence-electron chi connectivity index (χ1n) is 8.07. The van der Waals surface area contributed by atoms with Crippen molar-refractivity contribution in [2.24, 2.45) is 0 Å². The molecule has 0 radical (unpaired) electrons. The number of hydrogen-bond donors (Lipinski definition) is 1. The lowest BCUT2D eigenvalue weighted by molar-refractivity contribution is -0.137. The number of amides is 1. The van der Waals surface area contributed by atoms with Gasteiger partial charge in [0.1, 0.15) is 6.54 Å². The van der Waals surface area contributed by atoms with Gasteiger partial charge < -0.3 is 10.0 Å². The summed E-state index contributed by atoms with van der Waals surface area (Å²) in [5.41, 5.74) is 3.52. The second-order valence-corrected chi connectivity index (χ2v) is 6.34. The fraction of sp³-hybridized carbons (Fsp3) is 0.389. The zero-order valence-electron chi connectivity index (χ0n) is 13.9. The maximum Gasteiger partial charge on any atom is 0.323 e. The van der Waals surface area contributed by atoms with E-state index in [0.717, 1.165) is 29.8 Å². The average molecular weight is 327 g/mol. The van der Waals surface area contributed by atoms with Crippen LogP contribution in [0.25, 0.3) is 0 Å². The van der Waals surface area contributed by atoms with Gasteiger partial charge in [0, 0.05) is 17.3 Å². The molecule has 1 aliphatic carbocycles. The van der Waals surface area contributed by atoms with Gasteiger partial charge in [-0.15, -0.1) is 0 Å².